The van der Waals surface area contributed by atoms with Crippen molar-refractivity contribution in [3.05, 3.63) is 54.1 Å². The second-order valence-electron chi connectivity index (χ2n) is 3.73. The third-order valence-corrected chi connectivity index (χ3v) is 3.09. The third-order valence-electron chi connectivity index (χ3n) is 2.85. The van der Waals surface area contributed by atoms with E-state index < -0.39 is 0 Å². The molecule has 3 aromatic rings. The minimum Gasteiger partial charge on any atom is -0.317 e. The van der Waals surface area contributed by atoms with Gasteiger partial charge in [0.1, 0.15) is 0 Å². The van der Waals surface area contributed by atoms with Gasteiger partial charge in [-0.2, -0.15) is 0 Å². The maximum absolute atomic E-state index is 6.04. The van der Waals surface area contributed by atoms with E-state index in [2.05, 4.69) is 23.3 Å². The molecular weight excluding hydrogens is 218 g/mol. The summed E-state index contributed by atoms with van der Waals surface area (Å²) in [6.07, 6.45) is 1.83. The Morgan fingerprint density at radius 1 is 1.00 bits per heavy atom. The van der Waals surface area contributed by atoms with Crippen LogP contribution in [0.4, 0.5) is 0 Å². The van der Waals surface area contributed by atoms with Crippen molar-refractivity contribution in [3.8, 4) is 0 Å². The van der Waals surface area contributed by atoms with Gasteiger partial charge in [0, 0.05) is 22.0 Å². The molecule has 2 aromatic carbocycles. The van der Waals surface area contributed by atoms with Crippen molar-refractivity contribution in [2.24, 2.45) is 0 Å². The monoisotopic (exact) mass is 227 g/mol. The van der Waals surface area contributed by atoms with Gasteiger partial charge in [-0.15, -0.1) is 0 Å². The Balaban J connectivity index is 2.64. The number of para-hydroxylation sites is 1. The molecule has 0 amide bonds. The minimum atomic E-state index is 0.763. The van der Waals surface area contributed by atoms with Gasteiger partial charge >= 0.3 is 0 Å². The molecule has 0 aliphatic heterocycles. The third kappa shape index (κ3) is 1.18. The van der Waals surface area contributed by atoms with Crippen LogP contribution >= 0.6 is 11.6 Å². The number of halogens is 1. The zero-order chi connectivity index (χ0) is 11.1. The first kappa shape index (κ1) is 9.49. The summed E-state index contributed by atoms with van der Waals surface area (Å²) in [5.74, 6) is 0. The molecule has 78 valence electrons. The van der Waals surface area contributed by atoms with Gasteiger partial charge in [-0.05, 0) is 24.3 Å². The van der Waals surface area contributed by atoms with E-state index in [0.717, 1.165) is 16.1 Å². The number of fused-ring (bicyclic) bond motifs is 3. The molecule has 2 heteroatoms. The number of aromatic nitrogens is 1. The summed E-state index contributed by atoms with van der Waals surface area (Å²) in [6.45, 7) is 3.86. The van der Waals surface area contributed by atoms with E-state index in [1.54, 1.807) is 0 Å². The van der Waals surface area contributed by atoms with E-state index in [1.807, 2.05) is 36.5 Å². The smallest absolute Gasteiger partial charge is 0.0535 e. The quantitative estimate of drug-likeness (QED) is 0.575. The molecule has 0 radical (unpaired) electrons. The molecule has 1 aromatic heterocycles. The molecule has 0 unspecified atom stereocenters. The Bertz CT molecular complexity index is 694. The molecule has 3 rings (SSSR count). The first-order valence-electron chi connectivity index (χ1n) is 5.12. The van der Waals surface area contributed by atoms with E-state index in [0.29, 0.717) is 0 Å². The predicted octanol–water partition coefficient (Wildman–Crippen LogP) is 4.55. The zero-order valence-electron chi connectivity index (χ0n) is 8.65. The minimum absolute atomic E-state index is 0.763. The Morgan fingerprint density at radius 2 is 1.75 bits per heavy atom. The molecule has 0 atom stereocenters. The van der Waals surface area contributed by atoms with Crippen LogP contribution in [-0.2, 0) is 0 Å². The van der Waals surface area contributed by atoms with Crippen molar-refractivity contribution < 1.29 is 0 Å². The lowest BCUT2D eigenvalue weighted by Gasteiger charge is -1.98. The normalized spacial score (nSPS) is 11.1. The molecule has 0 aliphatic carbocycles. The van der Waals surface area contributed by atoms with Gasteiger partial charge in [-0.25, -0.2) is 0 Å². The Morgan fingerprint density at radius 3 is 2.56 bits per heavy atom. The molecule has 0 saturated heterocycles. The molecule has 0 N–H and O–H groups in total. The van der Waals surface area contributed by atoms with Crippen molar-refractivity contribution in [3.63, 3.8) is 0 Å². The van der Waals surface area contributed by atoms with Gasteiger partial charge in [-0.3, -0.25) is 0 Å². The molecule has 1 nitrogen and oxygen atoms in total. The average molecular weight is 228 g/mol. The molecule has 0 spiro atoms. The fourth-order valence-electron chi connectivity index (χ4n) is 2.17. The predicted molar refractivity (Wildman–Crippen MR) is 70.8 cm³/mol. The summed E-state index contributed by atoms with van der Waals surface area (Å²) in [7, 11) is 0. The van der Waals surface area contributed by atoms with Gasteiger partial charge in [0.2, 0.25) is 0 Å². The van der Waals surface area contributed by atoms with Crippen molar-refractivity contribution >= 4 is 39.6 Å². The first-order valence-corrected chi connectivity index (χ1v) is 5.50. The van der Waals surface area contributed by atoms with Crippen LogP contribution in [0.1, 0.15) is 0 Å². The van der Waals surface area contributed by atoms with Crippen LogP contribution in [0.15, 0.2) is 49.0 Å². The standard InChI is InChI=1S/C14H10ClN/c1-2-16-13-6-4-3-5-11(13)12-9-10(15)7-8-14(12)16/h2-9H,1H2. The second-order valence-corrected chi connectivity index (χ2v) is 4.17. The lowest BCUT2D eigenvalue weighted by atomic mass is 10.2. The topological polar surface area (TPSA) is 4.93 Å². The summed E-state index contributed by atoms with van der Waals surface area (Å²) >= 11 is 6.04. The van der Waals surface area contributed by atoms with Crippen LogP contribution in [0.5, 0.6) is 0 Å². The molecule has 16 heavy (non-hydrogen) atoms. The van der Waals surface area contributed by atoms with E-state index in [1.165, 1.54) is 10.8 Å². The van der Waals surface area contributed by atoms with Crippen molar-refractivity contribution in [1.29, 1.82) is 0 Å². The fourth-order valence-corrected chi connectivity index (χ4v) is 2.34. The average Bonchev–Trinajstić information content (AvgIpc) is 2.62. The number of nitrogens with zero attached hydrogens (tertiary/aromatic N) is 1. The number of benzene rings is 2. The van der Waals surface area contributed by atoms with Gasteiger partial charge in [0.05, 0.1) is 11.0 Å². The highest BCUT2D eigenvalue weighted by Crippen LogP contribution is 2.30. The summed E-state index contributed by atoms with van der Waals surface area (Å²) < 4.78 is 2.08. The van der Waals surface area contributed by atoms with Crippen LogP contribution in [-0.4, -0.2) is 4.57 Å². The van der Waals surface area contributed by atoms with Crippen LogP contribution in [0.3, 0.4) is 0 Å². The highest BCUT2D eigenvalue weighted by Gasteiger charge is 2.07. The van der Waals surface area contributed by atoms with Crippen LogP contribution in [0.2, 0.25) is 5.02 Å². The fraction of sp³-hybridized carbons (Fsp3) is 0. The summed E-state index contributed by atoms with van der Waals surface area (Å²) in [5.41, 5.74) is 2.30. The first-order chi connectivity index (χ1) is 7.81. The van der Waals surface area contributed by atoms with Crippen molar-refractivity contribution in [1.82, 2.24) is 4.57 Å². The summed E-state index contributed by atoms with van der Waals surface area (Å²) in [4.78, 5) is 0. The second kappa shape index (κ2) is 3.39. The maximum atomic E-state index is 6.04. The van der Waals surface area contributed by atoms with Crippen LogP contribution in [0, 0.1) is 0 Å². The highest BCUT2D eigenvalue weighted by molar-refractivity contribution is 6.31. The van der Waals surface area contributed by atoms with Crippen molar-refractivity contribution in [2.45, 2.75) is 0 Å². The van der Waals surface area contributed by atoms with E-state index in [9.17, 15) is 0 Å². The van der Waals surface area contributed by atoms with Gasteiger partial charge in [-0.1, -0.05) is 36.4 Å². The number of hydrogen-bond donors (Lipinski definition) is 0. The molecular formula is C14H10ClN. The molecule has 0 saturated carbocycles. The lowest BCUT2D eigenvalue weighted by Crippen LogP contribution is -1.83. The summed E-state index contributed by atoms with van der Waals surface area (Å²) in [6, 6.07) is 14.2. The van der Waals surface area contributed by atoms with Crippen molar-refractivity contribution in [2.75, 3.05) is 0 Å². The molecule has 0 bridgehead atoms. The largest absolute Gasteiger partial charge is 0.317 e. The number of hydrogen-bond acceptors (Lipinski definition) is 0. The van der Waals surface area contributed by atoms with Gasteiger partial charge in [0.25, 0.3) is 0 Å². The van der Waals surface area contributed by atoms with E-state index in [-0.39, 0.29) is 0 Å². The van der Waals surface area contributed by atoms with E-state index >= 15 is 0 Å². The van der Waals surface area contributed by atoms with Crippen LogP contribution in [0.25, 0.3) is 28.0 Å². The lowest BCUT2D eigenvalue weighted by molar-refractivity contribution is 1.30. The number of rotatable bonds is 1. The molecule has 0 aliphatic rings. The molecule has 0 fully saturated rings. The Kier molecular flexibility index (Phi) is 2.01. The zero-order valence-corrected chi connectivity index (χ0v) is 9.41. The maximum Gasteiger partial charge on any atom is 0.0535 e. The highest BCUT2D eigenvalue weighted by atomic mass is 35.5. The van der Waals surface area contributed by atoms with Crippen LogP contribution < -0.4 is 0 Å². The van der Waals surface area contributed by atoms with E-state index in [4.69, 9.17) is 11.6 Å². The van der Waals surface area contributed by atoms with Gasteiger partial charge < -0.3 is 4.57 Å². The SMILES string of the molecule is C=Cn1c2ccccc2c2cc(Cl)ccc21. The molecule has 1 heterocycles. The Hall–Kier alpha value is -1.73. The van der Waals surface area contributed by atoms with Gasteiger partial charge in [0.15, 0.2) is 0 Å². The summed E-state index contributed by atoms with van der Waals surface area (Å²) in [5, 5.41) is 3.14. The Labute approximate surface area is 98.6 Å².